The molecule has 1 atom stereocenters. The Balaban J connectivity index is 1.85. The van der Waals surface area contributed by atoms with Gasteiger partial charge in [0.1, 0.15) is 0 Å². The van der Waals surface area contributed by atoms with Crippen LogP contribution in [0.4, 0.5) is 5.95 Å². The van der Waals surface area contributed by atoms with Crippen molar-refractivity contribution in [2.24, 2.45) is 5.92 Å². The third-order valence-electron chi connectivity index (χ3n) is 4.75. The standard InChI is InChI=1S/C14H24N4S/c1-2-11-6-5-9-17(10-11)13-15-16-14(19)18(13)12-7-3-4-8-12/h11-12H,2-10H2,1H3,(H,16,19). The molecule has 0 spiro atoms. The summed E-state index contributed by atoms with van der Waals surface area (Å²) in [5, 5.41) is 7.54. The molecule has 19 heavy (non-hydrogen) atoms. The van der Waals surface area contributed by atoms with Crippen LogP contribution in [0.25, 0.3) is 0 Å². The van der Waals surface area contributed by atoms with E-state index in [0.29, 0.717) is 6.04 Å². The SMILES string of the molecule is CCC1CCCN(c2n[nH]c(=S)n2C2CCCC2)C1. The number of piperidine rings is 1. The Morgan fingerprint density at radius 3 is 2.79 bits per heavy atom. The first-order chi connectivity index (χ1) is 9.29. The highest BCUT2D eigenvalue weighted by molar-refractivity contribution is 7.71. The van der Waals surface area contributed by atoms with Gasteiger partial charge in [0.05, 0.1) is 0 Å². The zero-order valence-corrected chi connectivity index (χ0v) is 12.6. The fraction of sp³-hybridized carbons (Fsp3) is 0.857. The van der Waals surface area contributed by atoms with E-state index in [-0.39, 0.29) is 0 Å². The second-order valence-electron chi connectivity index (χ2n) is 6.00. The Labute approximate surface area is 120 Å². The molecule has 1 aliphatic carbocycles. The lowest BCUT2D eigenvalue weighted by atomic mass is 9.96. The molecule has 3 rings (SSSR count). The lowest BCUT2D eigenvalue weighted by molar-refractivity contribution is 0.393. The van der Waals surface area contributed by atoms with Crippen molar-refractivity contribution in [2.45, 2.75) is 57.9 Å². The second-order valence-corrected chi connectivity index (χ2v) is 6.39. The highest BCUT2D eigenvalue weighted by Gasteiger charge is 2.26. The van der Waals surface area contributed by atoms with Gasteiger partial charge in [-0.1, -0.05) is 26.2 Å². The van der Waals surface area contributed by atoms with Crippen LogP contribution in [0.5, 0.6) is 0 Å². The summed E-state index contributed by atoms with van der Waals surface area (Å²) in [5.41, 5.74) is 0. The van der Waals surface area contributed by atoms with Gasteiger partial charge >= 0.3 is 0 Å². The molecule has 1 aromatic rings. The van der Waals surface area contributed by atoms with Gasteiger partial charge in [-0.15, -0.1) is 5.10 Å². The molecular formula is C14H24N4S. The van der Waals surface area contributed by atoms with Crippen molar-refractivity contribution in [3.8, 4) is 0 Å². The van der Waals surface area contributed by atoms with Crippen LogP contribution in [0.15, 0.2) is 0 Å². The molecule has 0 aromatic carbocycles. The van der Waals surface area contributed by atoms with Crippen LogP contribution >= 0.6 is 12.2 Å². The van der Waals surface area contributed by atoms with E-state index in [1.165, 1.54) is 44.9 Å². The van der Waals surface area contributed by atoms with Crippen LogP contribution in [0.1, 0.15) is 57.9 Å². The van der Waals surface area contributed by atoms with E-state index in [1.54, 1.807) is 0 Å². The molecule has 1 N–H and O–H groups in total. The average molecular weight is 280 g/mol. The van der Waals surface area contributed by atoms with E-state index in [4.69, 9.17) is 12.2 Å². The molecule has 4 nitrogen and oxygen atoms in total. The van der Waals surface area contributed by atoms with Crippen molar-refractivity contribution in [2.75, 3.05) is 18.0 Å². The van der Waals surface area contributed by atoms with Gasteiger partial charge in [0.2, 0.25) is 5.95 Å². The molecule has 2 fully saturated rings. The topological polar surface area (TPSA) is 36.9 Å². The highest BCUT2D eigenvalue weighted by atomic mass is 32.1. The molecule has 5 heteroatoms. The second kappa shape index (κ2) is 5.65. The van der Waals surface area contributed by atoms with E-state index in [9.17, 15) is 0 Å². The first kappa shape index (κ1) is 13.2. The summed E-state index contributed by atoms with van der Waals surface area (Å²) < 4.78 is 3.10. The van der Waals surface area contributed by atoms with Gasteiger partial charge in [-0.2, -0.15) is 0 Å². The van der Waals surface area contributed by atoms with Crippen LogP contribution in [0.2, 0.25) is 0 Å². The molecular weight excluding hydrogens is 256 g/mol. The predicted octanol–water partition coefficient (Wildman–Crippen LogP) is 3.68. The van der Waals surface area contributed by atoms with Gasteiger partial charge in [0, 0.05) is 19.1 Å². The Morgan fingerprint density at radius 2 is 2.05 bits per heavy atom. The summed E-state index contributed by atoms with van der Waals surface area (Å²) in [5.74, 6) is 1.91. The zero-order valence-electron chi connectivity index (χ0n) is 11.8. The molecule has 1 aliphatic heterocycles. The number of aromatic amines is 1. The van der Waals surface area contributed by atoms with Gasteiger partial charge in [0.25, 0.3) is 0 Å². The van der Waals surface area contributed by atoms with Crippen LogP contribution in [0, 0.1) is 10.7 Å². The number of nitrogens with zero attached hydrogens (tertiary/aromatic N) is 3. The molecule has 0 amide bonds. The maximum absolute atomic E-state index is 5.45. The van der Waals surface area contributed by atoms with E-state index in [1.807, 2.05) is 0 Å². The van der Waals surface area contributed by atoms with E-state index >= 15 is 0 Å². The van der Waals surface area contributed by atoms with Gasteiger partial charge in [-0.05, 0) is 43.8 Å². The molecule has 106 valence electrons. The highest BCUT2D eigenvalue weighted by Crippen LogP contribution is 2.33. The van der Waals surface area contributed by atoms with Crippen LogP contribution in [0.3, 0.4) is 0 Å². The van der Waals surface area contributed by atoms with Crippen molar-refractivity contribution in [1.29, 1.82) is 0 Å². The maximum Gasteiger partial charge on any atom is 0.225 e. The smallest absolute Gasteiger partial charge is 0.225 e. The Hall–Kier alpha value is -0.840. The molecule has 1 saturated heterocycles. The van der Waals surface area contributed by atoms with Crippen molar-refractivity contribution in [3.63, 3.8) is 0 Å². The summed E-state index contributed by atoms with van der Waals surface area (Å²) in [7, 11) is 0. The third kappa shape index (κ3) is 2.57. The molecule has 1 unspecified atom stereocenters. The molecule has 1 aromatic heterocycles. The fourth-order valence-corrected chi connectivity index (χ4v) is 3.87. The summed E-state index contributed by atoms with van der Waals surface area (Å²) in [4.78, 5) is 2.45. The lowest BCUT2D eigenvalue weighted by Crippen LogP contribution is -2.37. The number of hydrogen-bond donors (Lipinski definition) is 1. The van der Waals surface area contributed by atoms with Crippen molar-refractivity contribution in [1.82, 2.24) is 14.8 Å². The quantitative estimate of drug-likeness (QED) is 0.858. The normalized spacial score (nSPS) is 25.1. The van der Waals surface area contributed by atoms with Gasteiger partial charge in [-0.3, -0.25) is 4.57 Å². The molecule has 0 bridgehead atoms. The number of nitrogens with one attached hydrogen (secondary N) is 1. The van der Waals surface area contributed by atoms with Crippen LogP contribution in [-0.2, 0) is 0 Å². The Morgan fingerprint density at radius 1 is 1.26 bits per heavy atom. The zero-order chi connectivity index (χ0) is 13.2. The molecule has 2 heterocycles. The number of H-pyrrole nitrogens is 1. The van der Waals surface area contributed by atoms with Crippen molar-refractivity contribution in [3.05, 3.63) is 4.77 Å². The van der Waals surface area contributed by atoms with Gasteiger partial charge in [0.15, 0.2) is 4.77 Å². The minimum atomic E-state index is 0.572. The van der Waals surface area contributed by atoms with Crippen LogP contribution in [-0.4, -0.2) is 27.9 Å². The first-order valence-electron chi connectivity index (χ1n) is 7.71. The first-order valence-corrected chi connectivity index (χ1v) is 8.12. The summed E-state index contributed by atoms with van der Waals surface area (Å²) in [6.07, 6.45) is 9.08. The molecule has 1 saturated carbocycles. The van der Waals surface area contributed by atoms with Crippen molar-refractivity contribution < 1.29 is 0 Å². The van der Waals surface area contributed by atoms with Gasteiger partial charge < -0.3 is 4.90 Å². The largest absolute Gasteiger partial charge is 0.341 e. The Kier molecular flexibility index (Phi) is 3.91. The van der Waals surface area contributed by atoms with E-state index < -0.39 is 0 Å². The number of aromatic nitrogens is 3. The average Bonchev–Trinajstić information content (AvgIpc) is 3.07. The van der Waals surface area contributed by atoms with Crippen LogP contribution < -0.4 is 4.90 Å². The predicted molar refractivity (Wildman–Crippen MR) is 80.1 cm³/mol. The van der Waals surface area contributed by atoms with Gasteiger partial charge in [-0.25, -0.2) is 5.10 Å². The van der Waals surface area contributed by atoms with E-state index in [2.05, 4.69) is 26.6 Å². The Bertz CT molecular complexity index is 472. The summed E-state index contributed by atoms with van der Waals surface area (Å²) in [6, 6.07) is 0.572. The monoisotopic (exact) mass is 280 g/mol. The molecule has 0 radical (unpaired) electrons. The third-order valence-corrected chi connectivity index (χ3v) is 5.04. The number of anilines is 1. The van der Waals surface area contributed by atoms with Crippen molar-refractivity contribution >= 4 is 18.2 Å². The lowest BCUT2D eigenvalue weighted by Gasteiger charge is -2.33. The maximum atomic E-state index is 5.45. The summed E-state index contributed by atoms with van der Waals surface area (Å²) >= 11 is 5.45. The molecule has 2 aliphatic rings. The summed E-state index contributed by atoms with van der Waals surface area (Å²) in [6.45, 7) is 4.56. The fourth-order valence-electron chi connectivity index (χ4n) is 3.59. The minimum Gasteiger partial charge on any atom is -0.341 e. The number of rotatable bonds is 3. The number of hydrogen-bond acceptors (Lipinski definition) is 3. The van der Waals surface area contributed by atoms with E-state index in [0.717, 1.165) is 29.7 Å². The minimum absolute atomic E-state index is 0.572.